The Hall–Kier alpha value is -1.06. The van der Waals surface area contributed by atoms with E-state index in [9.17, 15) is 9.59 Å². The number of carbonyl (C=O) groups is 2. The van der Waals surface area contributed by atoms with Crippen LogP contribution in [0.3, 0.4) is 0 Å². The minimum absolute atomic E-state index is 0.0531. The van der Waals surface area contributed by atoms with Gasteiger partial charge in [0.15, 0.2) is 0 Å². The topological polar surface area (TPSA) is 46.6 Å². The summed E-state index contributed by atoms with van der Waals surface area (Å²) in [4.78, 5) is 26.6. The van der Waals surface area contributed by atoms with Crippen LogP contribution in [0.25, 0.3) is 0 Å². The summed E-state index contributed by atoms with van der Waals surface area (Å²) in [6.07, 6.45) is 17.2. The molecule has 0 bridgehead atoms. The molecule has 1 saturated heterocycles. The minimum atomic E-state index is -0.446. The van der Waals surface area contributed by atoms with Crippen molar-refractivity contribution >= 4 is 11.9 Å². The molecule has 28 heavy (non-hydrogen) atoms. The normalized spacial score (nSPS) is 17.1. The molecule has 0 aliphatic carbocycles. The zero-order chi connectivity index (χ0) is 20.8. The maximum Gasteiger partial charge on any atom is 0.328 e. The molecule has 1 rings (SSSR count). The lowest BCUT2D eigenvalue weighted by molar-refractivity contribution is -0.156. The fourth-order valence-electron chi connectivity index (χ4n) is 3.90. The first-order valence-corrected chi connectivity index (χ1v) is 11.9. The predicted octanol–water partition coefficient (Wildman–Crippen LogP) is 6.27. The van der Waals surface area contributed by atoms with E-state index in [1.807, 2.05) is 20.8 Å². The highest BCUT2D eigenvalue weighted by atomic mass is 16.5. The summed E-state index contributed by atoms with van der Waals surface area (Å²) >= 11 is 0. The van der Waals surface area contributed by atoms with Gasteiger partial charge in [0.2, 0.25) is 5.91 Å². The van der Waals surface area contributed by atoms with E-state index >= 15 is 0 Å². The van der Waals surface area contributed by atoms with Gasteiger partial charge in [-0.15, -0.1) is 0 Å². The molecular formula is C24H45NO3. The first kappa shape index (κ1) is 25.0. The molecule has 0 spiro atoms. The van der Waals surface area contributed by atoms with Crippen molar-refractivity contribution in [3.05, 3.63) is 0 Å². The van der Waals surface area contributed by atoms with Gasteiger partial charge in [-0.25, -0.2) is 4.79 Å². The van der Waals surface area contributed by atoms with Crippen LogP contribution in [0.15, 0.2) is 0 Å². The highest BCUT2D eigenvalue weighted by Crippen LogP contribution is 2.26. The summed E-state index contributed by atoms with van der Waals surface area (Å²) in [7, 11) is 0. The van der Waals surface area contributed by atoms with E-state index in [0.717, 1.165) is 25.7 Å². The maximum atomic E-state index is 12.5. The summed E-state index contributed by atoms with van der Waals surface area (Å²) in [6.45, 7) is 9.14. The molecule has 0 aromatic heterocycles. The predicted molar refractivity (Wildman–Crippen MR) is 116 cm³/mol. The number of rotatable bonds is 14. The second kappa shape index (κ2) is 14.0. The monoisotopic (exact) mass is 395 g/mol. The van der Waals surface area contributed by atoms with Gasteiger partial charge in [-0.3, -0.25) is 4.79 Å². The van der Waals surface area contributed by atoms with Crippen molar-refractivity contribution in [1.82, 2.24) is 4.90 Å². The number of unbranched alkanes of at least 4 members (excludes halogenated alkanes) is 11. The number of hydrogen-bond donors (Lipinski definition) is 0. The standard InChI is InChI=1S/C24H45NO3/c1-5-6-7-8-9-10-11-12-13-14-15-16-20-28-22(26)21-18-17-19-25(21)23(27)24(2,3)4/h21H,5-20H2,1-4H3. The molecule has 1 fully saturated rings. The number of esters is 1. The highest BCUT2D eigenvalue weighted by Gasteiger charge is 2.39. The van der Waals surface area contributed by atoms with Crippen molar-refractivity contribution < 1.29 is 14.3 Å². The van der Waals surface area contributed by atoms with Crippen molar-refractivity contribution in [3.63, 3.8) is 0 Å². The lowest BCUT2D eigenvalue weighted by Gasteiger charge is -2.29. The van der Waals surface area contributed by atoms with Crippen LogP contribution in [-0.2, 0) is 14.3 Å². The fourth-order valence-corrected chi connectivity index (χ4v) is 3.90. The van der Waals surface area contributed by atoms with Crippen LogP contribution in [0.5, 0.6) is 0 Å². The molecule has 1 aliphatic rings. The first-order valence-electron chi connectivity index (χ1n) is 11.9. The van der Waals surface area contributed by atoms with Crippen molar-refractivity contribution in [2.45, 2.75) is 124 Å². The van der Waals surface area contributed by atoms with E-state index < -0.39 is 5.41 Å². The Kier molecular flexibility index (Phi) is 12.5. The Bertz CT molecular complexity index is 442. The largest absolute Gasteiger partial charge is 0.464 e. The first-order chi connectivity index (χ1) is 13.4. The van der Waals surface area contributed by atoms with Gasteiger partial charge in [-0.1, -0.05) is 98.3 Å². The van der Waals surface area contributed by atoms with Crippen LogP contribution < -0.4 is 0 Å². The van der Waals surface area contributed by atoms with Gasteiger partial charge in [-0.05, 0) is 19.3 Å². The number of likely N-dealkylation sites (tertiary alicyclic amines) is 1. The molecule has 1 atom stereocenters. The van der Waals surface area contributed by atoms with Gasteiger partial charge in [0.25, 0.3) is 0 Å². The van der Waals surface area contributed by atoms with E-state index in [4.69, 9.17) is 4.74 Å². The fraction of sp³-hybridized carbons (Fsp3) is 0.917. The van der Waals surface area contributed by atoms with Gasteiger partial charge in [-0.2, -0.15) is 0 Å². The SMILES string of the molecule is CCCCCCCCCCCCCCOC(=O)C1CCCN1C(=O)C(C)(C)C. The molecule has 1 amide bonds. The van der Waals surface area contributed by atoms with Crippen LogP contribution in [0.2, 0.25) is 0 Å². The average molecular weight is 396 g/mol. The van der Waals surface area contributed by atoms with Crippen molar-refractivity contribution in [2.75, 3.05) is 13.2 Å². The molecule has 0 N–H and O–H groups in total. The Morgan fingerprint density at radius 1 is 0.857 bits per heavy atom. The third kappa shape index (κ3) is 9.93. The lowest BCUT2D eigenvalue weighted by Crippen LogP contribution is -2.46. The van der Waals surface area contributed by atoms with E-state index in [2.05, 4.69) is 6.92 Å². The number of carbonyl (C=O) groups excluding carboxylic acids is 2. The van der Waals surface area contributed by atoms with E-state index in [1.165, 1.54) is 64.2 Å². The Labute approximate surface area is 173 Å². The van der Waals surface area contributed by atoms with E-state index in [0.29, 0.717) is 13.2 Å². The van der Waals surface area contributed by atoms with Crippen molar-refractivity contribution in [3.8, 4) is 0 Å². The Morgan fingerprint density at radius 2 is 1.36 bits per heavy atom. The van der Waals surface area contributed by atoms with Crippen LogP contribution in [0, 0.1) is 5.41 Å². The third-order valence-electron chi connectivity index (χ3n) is 5.67. The van der Waals surface area contributed by atoms with Gasteiger partial charge in [0.05, 0.1) is 6.61 Å². The Morgan fingerprint density at radius 3 is 1.86 bits per heavy atom. The molecule has 164 valence electrons. The molecule has 0 saturated carbocycles. The molecule has 1 aliphatic heterocycles. The number of amides is 1. The smallest absolute Gasteiger partial charge is 0.328 e. The molecule has 4 heteroatoms. The van der Waals surface area contributed by atoms with Gasteiger partial charge < -0.3 is 9.64 Å². The third-order valence-corrected chi connectivity index (χ3v) is 5.67. The summed E-state index contributed by atoms with van der Waals surface area (Å²) in [5.41, 5.74) is -0.446. The van der Waals surface area contributed by atoms with Crippen LogP contribution in [0.1, 0.15) is 118 Å². The van der Waals surface area contributed by atoms with Crippen LogP contribution in [0.4, 0.5) is 0 Å². The average Bonchev–Trinajstić information content (AvgIpc) is 3.13. The second-order valence-electron chi connectivity index (χ2n) is 9.46. The zero-order valence-corrected chi connectivity index (χ0v) is 19.1. The quantitative estimate of drug-likeness (QED) is 0.257. The number of ether oxygens (including phenoxy) is 1. The summed E-state index contributed by atoms with van der Waals surface area (Å²) < 4.78 is 5.48. The van der Waals surface area contributed by atoms with Gasteiger partial charge in [0, 0.05) is 12.0 Å². The van der Waals surface area contributed by atoms with Crippen LogP contribution in [-0.4, -0.2) is 36.0 Å². The van der Waals surface area contributed by atoms with Crippen molar-refractivity contribution in [2.24, 2.45) is 5.41 Å². The lowest BCUT2D eigenvalue weighted by atomic mass is 9.94. The second-order valence-corrected chi connectivity index (χ2v) is 9.46. The minimum Gasteiger partial charge on any atom is -0.464 e. The van der Waals surface area contributed by atoms with Crippen molar-refractivity contribution in [1.29, 1.82) is 0 Å². The summed E-state index contributed by atoms with van der Waals surface area (Å²) in [5.74, 6) is -0.157. The molecule has 1 unspecified atom stereocenters. The van der Waals surface area contributed by atoms with Gasteiger partial charge >= 0.3 is 5.97 Å². The van der Waals surface area contributed by atoms with E-state index in [-0.39, 0.29) is 17.9 Å². The molecule has 0 radical (unpaired) electrons. The molecular weight excluding hydrogens is 350 g/mol. The Balaban J connectivity index is 2.03. The molecule has 0 aromatic rings. The summed E-state index contributed by atoms with van der Waals surface area (Å²) in [6, 6.07) is -0.371. The zero-order valence-electron chi connectivity index (χ0n) is 19.1. The molecule has 1 heterocycles. The molecule has 4 nitrogen and oxygen atoms in total. The molecule has 0 aromatic carbocycles. The highest BCUT2D eigenvalue weighted by molar-refractivity contribution is 5.88. The van der Waals surface area contributed by atoms with Crippen LogP contribution >= 0.6 is 0 Å². The maximum absolute atomic E-state index is 12.5. The summed E-state index contributed by atoms with van der Waals surface area (Å²) in [5, 5.41) is 0. The van der Waals surface area contributed by atoms with Gasteiger partial charge in [0.1, 0.15) is 6.04 Å². The van der Waals surface area contributed by atoms with E-state index in [1.54, 1.807) is 4.90 Å². The number of nitrogens with zero attached hydrogens (tertiary/aromatic N) is 1. The number of hydrogen-bond acceptors (Lipinski definition) is 3.